The molecule has 4 nitrogen and oxygen atoms in total. The first-order chi connectivity index (χ1) is 8.53. The fraction of sp³-hybridized carbons (Fsp3) is 1.00. The van der Waals surface area contributed by atoms with E-state index in [0.717, 1.165) is 19.7 Å². The second-order valence-corrected chi connectivity index (χ2v) is 4.92. The van der Waals surface area contributed by atoms with Crippen LogP contribution in [-0.2, 0) is 4.74 Å². The monoisotopic (exact) mass is 267 g/mol. The quantitative estimate of drug-likeness (QED) is 0.788. The van der Waals surface area contributed by atoms with Crippen molar-refractivity contribution < 1.29 is 17.9 Å². The number of piperazine rings is 1. The highest BCUT2D eigenvalue weighted by Crippen LogP contribution is 2.17. The Hall–Kier alpha value is -0.370. The van der Waals surface area contributed by atoms with Gasteiger partial charge in [0.1, 0.15) is 0 Å². The minimum atomic E-state index is -4.08. The number of morpholine rings is 1. The van der Waals surface area contributed by atoms with Crippen LogP contribution in [0.15, 0.2) is 0 Å². The molecular weight excluding hydrogens is 247 g/mol. The third-order valence-corrected chi connectivity index (χ3v) is 3.34. The van der Waals surface area contributed by atoms with Crippen LogP contribution in [0.3, 0.4) is 0 Å². The van der Waals surface area contributed by atoms with Crippen molar-refractivity contribution in [2.75, 3.05) is 59.0 Å². The van der Waals surface area contributed by atoms with Crippen molar-refractivity contribution >= 4 is 0 Å². The summed E-state index contributed by atoms with van der Waals surface area (Å²) in [5.74, 6) is 0. The Bertz CT molecular complexity index is 248. The second-order valence-electron chi connectivity index (χ2n) is 4.92. The lowest BCUT2D eigenvalue weighted by Gasteiger charge is -2.37. The molecule has 0 aromatic carbocycles. The van der Waals surface area contributed by atoms with E-state index in [9.17, 15) is 13.2 Å². The van der Waals surface area contributed by atoms with E-state index in [1.165, 1.54) is 4.90 Å². The van der Waals surface area contributed by atoms with E-state index in [1.54, 1.807) is 0 Å². The minimum absolute atomic E-state index is 0.313. The average Bonchev–Trinajstić information content (AvgIpc) is 2.31. The molecule has 0 saturated carbocycles. The molecule has 0 aromatic heterocycles. The van der Waals surface area contributed by atoms with Gasteiger partial charge in [0.15, 0.2) is 0 Å². The molecule has 2 heterocycles. The molecule has 0 aromatic rings. The molecule has 0 spiro atoms. The fourth-order valence-corrected chi connectivity index (χ4v) is 2.43. The molecule has 2 saturated heterocycles. The van der Waals surface area contributed by atoms with Gasteiger partial charge in [-0.05, 0) is 0 Å². The molecular formula is C11H20F3N3O. The van der Waals surface area contributed by atoms with Crippen molar-refractivity contribution in [2.45, 2.75) is 12.2 Å². The fourth-order valence-electron chi connectivity index (χ4n) is 2.43. The maximum Gasteiger partial charge on any atom is 0.401 e. The zero-order chi connectivity index (χ0) is 13.0. The van der Waals surface area contributed by atoms with Gasteiger partial charge in [0, 0.05) is 45.3 Å². The summed E-state index contributed by atoms with van der Waals surface area (Å²) in [6, 6.07) is 0.313. The summed E-state index contributed by atoms with van der Waals surface area (Å²) < 4.78 is 42.0. The molecule has 0 aliphatic carbocycles. The Morgan fingerprint density at radius 3 is 2.33 bits per heavy atom. The number of rotatable bonds is 3. The number of halogens is 3. The van der Waals surface area contributed by atoms with Crippen LogP contribution in [0.5, 0.6) is 0 Å². The smallest absolute Gasteiger partial charge is 0.378 e. The number of ether oxygens (including phenoxy) is 1. The number of hydrogen-bond donors (Lipinski definition) is 1. The van der Waals surface area contributed by atoms with E-state index in [0.29, 0.717) is 38.8 Å². The molecule has 1 unspecified atom stereocenters. The number of nitrogens with zero attached hydrogens (tertiary/aromatic N) is 2. The zero-order valence-corrected chi connectivity index (χ0v) is 10.4. The van der Waals surface area contributed by atoms with Gasteiger partial charge in [-0.2, -0.15) is 13.2 Å². The number of hydrogen-bond acceptors (Lipinski definition) is 4. The van der Waals surface area contributed by atoms with Gasteiger partial charge in [-0.3, -0.25) is 9.80 Å². The van der Waals surface area contributed by atoms with Gasteiger partial charge in [0.05, 0.1) is 19.8 Å². The molecule has 106 valence electrons. The summed E-state index contributed by atoms with van der Waals surface area (Å²) in [5, 5.41) is 3.36. The van der Waals surface area contributed by atoms with Crippen LogP contribution in [0, 0.1) is 0 Å². The van der Waals surface area contributed by atoms with Gasteiger partial charge in [-0.15, -0.1) is 0 Å². The number of nitrogens with one attached hydrogen (secondary N) is 1. The summed E-state index contributed by atoms with van der Waals surface area (Å²) in [4.78, 5) is 3.68. The van der Waals surface area contributed by atoms with E-state index >= 15 is 0 Å². The summed E-state index contributed by atoms with van der Waals surface area (Å²) in [6.45, 7) is 4.77. The first kappa shape index (κ1) is 14.0. The van der Waals surface area contributed by atoms with Gasteiger partial charge in [0.2, 0.25) is 0 Å². The van der Waals surface area contributed by atoms with Crippen LogP contribution in [0.2, 0.25) is 0 Å². The van der Waals surface area contributed by atoms with Gasteiger partial charge >= 0.3 is 6.18 Å². The van der Waals surface area contributed by atoms with E-state index in [4.69, 9.17) is 4.74 Å². The third kappa shape index (κ3) is 4.72. The van der Waals surface area contributed by atoms with Crippen LogP contribution in [-0.4, -0.2) is 81.0 Å². The standard InChI is InChI=1S/C11H20F3N3O/c12-11(13,14)9-17-4-2-16(3-5-17)7-10-8-18-6-1-15-10/h10,15H,1-9H2. The SMILES string of the molecule is FC(F)(F)CN1CCN(CC2COCCN2)CC1. The Morgan fingerprint density at radius 1 is 1.11 bits per heavy atom. The molecule has 1 atom stereocenters. The molecule has 2 rings (SSSR count). The van der Waals surface area contributed by atoms with Crippen LogP contribution < -0.4 is 5.32 Å². The van der Waals surface area contributed by atoms with E-state index in [1.807, 2.05) is 0 Å². The largest absolute Gasteiger partial charge is 0.401 e. The maximum absolute atomic E-state index is 12.2. The molecule has 0 bridgehead atoms. The summed E-state index contributed by atoms with van der Waals surface area (Å²) in [6.07, 6.45) is -4.08. The third-order valence-electron chi connectivity index (χ3n) is 3.34. The van der Waals surface area contributed by atoms with Crippen LogP contribution in [0.1, 0.15) is 0 Å². The molecule has 7 heteroatoms. The average molecular weight is 267 g/mol. The van der Waals surface area contributed by atoms with Crippen LogP contribution >= 0.6 is 0 Å². The summed E-state index contributed by atoms with van der Waals surface area (Å²) >= 11 is 0. The van der Waals surface area contributed by atoms with Gasteiger partial charge in [-0.25, -0.2) is 0 Å². The van der Waals surface area contributed by atoms with Crippen molar-refractivity contribution in [3.63, 3.8) is 0 Å². The zero-order valence-electron chi connectivity index (χ0n) is 10.4. The highest BCUT2D eigenvalue weighted by molar-refractivity contribution is 4.79. The lowest BCUT2D eigenvalue weighted by molar-refractivity contribution is -0.149. The summed E-state index contributed by atoms with van der Waals surface area (Å²) in [7, 11) is 0. The maximum atomic E-state index is 12.2. The molecule has 2 aliphatic rings. The van der Waals surface area contributed by atoms with Crippen LogP contribution in [0.25, 0.3) is 0 Å². The Balaban J connectivity index is 1.66. The van der Waals surface area contributed by atoms with Crippen LogP contribution in [0.4, 0.5) is 13.2 Å². The van der Waals surface area contributed by atoms with Gasteiger partial charge in [0.25, 0.3) is 0 Å². The van der Waals surface area contributed by atoms with Crippen molar-refractivity contribution in [3.05, 3.63) is 0 Å². The normalized spacial score (nSPS) is 28.5. The number of alkyl halides is 3. The van der Waals surface area contributed by atoms with E-state index in [2.05, 4.69) is 10.2 Å². The Morgan fingerprint density at radius 2 is 1.78 bits per heavy atom. The molecule has 1 N–H and O–H groups in total. The van der Waals surface area contributed by atoms with Crippen molar-refractivity contribution in [3.8, 4) is 0 Å². The molecule has 2 fully saturated rings. The van der Waals surface area contributed by atoms with Gasteiger partial charge < -0.3 is 10.1 Å². The van der Waals surface area contributed by atoms with Crippen molar-refractivity contribution in [2.24, 2.45) is 0 Å². The van der Waals surface area contributed by atoms with E-state index in [-0.39, 0.29) is 0 Å². The lowest BCUT2D eigenvalue weighted by atomic mass is 10.2. The molecule has 18 heavy (non-hydrogen) atoms. The molecule has 0 amide bonds. The molecule has 0 radical (unpaired) electrons. The van der Waals surface area contributed by atoms with Crippen molar-refractivity contribution in [1.82, 2.24) is 15.1 Å². The highest BCUT2D eigenvalue weighted by atomic mass is 19.4. The van der Waals surface area contributed by atoms with Crippen molar-refractivity contribution in [1.29, 1.82) is 0 Å². The van der Waals surface area contributed by atoms with E-state index < -0.39 is 12.7 Å². The second kappa shape index (κ2) is 6.18. The highest BCUT2D eigenvalue weighted by Gasteiger charge is 2.32. The first-order valence-corrected chi connectivity index (χ1v) is 6.35. The Kier molecular flexibility index (Phi) is 4.83. The predicted octanol–water partition coefficient (Wildman–Crippen LogP) is 0.155. The molecule has 2 aliphatic heterocycles. The topological polar surface area (TPSA) is 27.7 Å². The Labute approximate surface area is 105 Å². The summed E-state index contributed by atoms with van der Waals surface area (Å²) in [5.41, 5.74) is 0. The lowest BCUT2D eigenvalue weighted by Crippen LogP contribution is -2.54. The first-order valence-electron chi connectivity index (χ1n) is 6.35. The van der Waals surface area contributed by atoms with Gasteiger partial charge in [-0.1, -0.05) is 0 Å². The minimum Gasteiger partial charge on any atom is -0.378 e. The predicted molar refractivity (Wildman–Crippen MR) is 61.5 cm³/mol.